The van der Waals surface area contributed by atoms with Gasteiger partial charge in [0.2, 0.25) is 0 Å². The van der Waals surface area contributed by atoms with Gasteiger partial charge in [-0.25, -0.2) is 9.50 Å². The fraction of sp³-hybridized carbons (Fsp3) is 0.261. The van der Waals surface area contributed by atoms with E-state index in [2.05, 4.69) is 15.4 Å². The molecule has 1 aliphatic rings. The lowest BCUT2D eigenvalue weighted by Crippen LogP contribution is -2.32. The molecule has 1 fully saturated rings. The molecule has 0 spiro atoms. The number of benzene rings is 2. The van der Waals surface area contributed by atoms with Gasteiger partial charge in [0.05, 0.1) is 11.8 Å². The second kappa shape index (κ2) is 7.90. The zero-order valence-electron chi connectivity index (χ0n) is 16.9. The topological polar surface area (TPSA) is 68.5 Å². The van der Waals surface area contributed by atoms with Gasteiger partial charge >= 0.3 is 6.18 Å². The van der Waals surface area contributed by atoms with Crippen LogP contribution in [0.15, 0.2) is 54.6 Å². The van der Waals surface area contributed by atoms with Crippen molar-refractivity contribution in [1.82, 2.24) is 19.9 Å². The van der Waals surface area contributed by atoms with Gasteiger partial charge in [-0.15, -0.1) is 0 Å². The average molecular weight is 440 g/mol. The van der Waals surface area contributed by atoms with Crippen molar-refractivity contribution in [2.24, 2.45) is 0 Å². The second-order valence-electron chi connectivity index (χ2n) is 7.73. The van der Waals surface area contributed by atoms with Crippen molar-refractivity contribution in [3.8, 4) is 11.3 Å². The highest BCUT2D eigenvalue weighted by atomic mass is 19.4. The molecule has 164 valence electrons. The van der Waals surface area contributed by atoms with E-state index in [1.54, 1.807) is 12.1 Å². The number of nitrogens with zero attached hydrogens (tertiary/aromatic N) is 3. The van der Waals surface area contributed by atoms with Crippen LogP contribution in [0.2, 0.25) is 0 Å². The molecule has 6 nitrogen and oxygen atoms in total. The lowest BCUT2D eigenvalue weighted by molar-refractivity contribution is -0.142. The molecule has 2 aromatic carbocycles. The van der Waals surface area contributed by atoms with Crippen LogP contribution in [0.4, 0.5) is 13.2 Å². The predicted molar refractivity (Wildman–Crippen MR) is 112 cm³/mol. The van der Waals surface area contributed by atoms with E-state index in [9.17, 15) is 18.0 Å². The molecule has 1 atom stereocenters. The molecule has 1 N–H and O–H groups in total. The van der Waals surface area contributed by atoms with E-state index in [0.717, 1.165) is 29.7 Å². The fourth-order valence-electron chi connectivity index (χ4n) is 3.89. The highest BCUT2D eigenvalue weighted by Crippen LogP contribution is 2.33. The highest BCUT2D eigenvalue weighted by Gasteiger charge is 2.35. The first-order valence-corrected chi connectivity index (χ1v) is 10.3. The molecule has 3 heterocycles. The van der Waals surface area contributed by atoms with Gasteiger partial charge in [0, 0.05) is 24.8 Å². The number of carbonyl (C=O) groups is 1. The number of hydrogen-bond donors (Lipinski definition) is 1. The van der Waals surface area contributed by atoms with Crippen molar-refractivity contribution in [2.45, 2.75) is 25.1 Å². The van der Waals surface area contributed by atoms with Crippen LogP contribution in [0.1, 0.15) is 29.0 Å². The molecule has 0 bridgehead atoms. The summed E-state index contributed by atoms with van der Waals surface area (Å²) in [6, 6.07) is 15.2. The molecule has 1 aliphatic heterocycles. The lowest BCUT2D eigenvalue weighted by atomic mass is 10.0. The summed E-state index contributed by atoms with van der Waals surface area (Å²) in [7, 11) is 0. The number of ether oxygens (including phenoxy) is 1. The maximum absolute atomic E-state index is 13.8. The smallest absolute Gasteiger partial charge is 0.376 e. The van der Waals surface area contributed by atoms with Gasteiger partial charge in [0.1, 0.15) is 0 Å². The number of alkyl halides is 3. The quantitative estimate of drug-likeness (QED) is 0.508. The Morgan fingerprint density at radius 1 is 1.12 bits per heavy atom. The van der Waals surface area contributed by atoms with E-state index in [1.807, 2.05) is 30.3 Å². The minimum Gasteiger partial charge on any atom is -0.376 e. The first-order chi connectivity index (χ1) is 15.4. The van der Waals surface area contributed by atoms with Crippen molar-refractivity contribution >= 4 is 22.3 Å². The zero-order chi connectivity index (χ0) is 22.3. The molecular formula is C23H19F3N4O2. The maximum atomic E-state index is 13.8. The Labute approximate surface area is 181 Å². The number of hydrogen-bond acceptors (Lipinski definition) is 4. The SMILES string of the molecule is O=C(NCC1CCCO1)c1cc2nc(-c3ccc4ccccc4c3)cc(C(F)(F)F)n2n1. The van der Waals surface area contributed by atoms with Gasteiger partial charge in [0.25, 0.3) is 5.91 Å². The third-order valence-corrected chi connectivity index (χ3v) is 5.51. The number of nitrogens with one attached hydrogen (secondary N) is 1. The van der Waals surface area contributed by atoms with Crippen LogP contribution in [-0.4, -0.2) is 39.8 Å². The average Bonchev–Trinajstić information content (AvgIpc) is 3.45. The van der Waals surface area contributed by atoms with Crippen molar-refractivity contribution in [1.29, 1.82) is 0 Å². The van der Waals surface area contributed by atoms with Gasteiger partial charge in [-0.1, -0.05) is 36.4 Å². The highest BCUT2D eigenvalue weighted by molar-refractivity contribution is 5.93. The summed E-state index contributed by atoms with van der Waals surface area (Å²) in [6.45, 7) is 0.930. The maximum Gasteiger partial charge on any atom is 0.433 e. The molecule has 0 radical (unpaired) electrons. The molecule has 1 saturated heterocycles. The van der Waals surface area contributed by atoms with Crippen LogP contribution < -0.4 is 5.32 Å². The molecule has 5 rings (SSSR count). The second-order valence-corrected chi connectivity index (χ2v) is 7.73. The first kappa shape index (κ1) is 20.4. The summed E-state index contributed by atoms with van der Waals surface area (Å²) in [5, 5.41) is 8.43. The number of amides is 1. The van der Waals surface area contributed by atoms with E-state index in [-0.39, 0.29) is 29.7 Å². The van der Waals surface area contributed by atoms with Gasteiger partial charge in [-0.05, 0) is 35.7 Å². The monoisotopic (exact) mass is 440 g/mol. The Morgan fingerprint density at radius 2 is 1.94 bits per heavy atom. The lowest BCUT2D eigenvalue weighted by Gasteiger charge is -2.11. The minimum atomic E-state index is -4.68. The van der Waals surface area contributed by atoms with Crippen LogP contribution in [0.25, 0.3) is 27.7 Å². The molecule has 4 aromatic rings. The van der Waals surface area contributed by atoms with Gasteiger partial charge in [0.15, 0.2) is 17.0 Å². The third-order valence-electron chi connectivity index (χ3n) is 5.51. The third kappa shape index (κ3) is 3.91. The molecular weight excluding hydrogens is 421 g/mol. The molecule has 9 heteroatoms. The van der Waals surface area contributed by atoms with Gasteiger partial charge in [-0.3, -0.25) is 4.79 Å². The number of halogens is 3. The Morgan fingerprint density at radius 3 is 2.69 bits per heavy atom. The van der Waals surface area contributed by atoms with Crippen molar-refractivity contribution in [3.05, 3.63) is 66.0 Å². The van der Waals surface area contributed by atoms with Gasteiger partial charge in [-0.2, -0.15) is 18.3 Å². The summed E-state index contributed by atoms with van der Waals surface area (Å²) in [5.74, 6) is -0.564. The summed E-state index contributed by atoms with van der Waals surface area (Å²) in [5.41, 5.74) is -0.477. The molecule has 0 aliphatic carbocycles. The van der Waals surface area contributed by atoms with E-state index in [1.165, 1.54) is 6.07 Å². The Balaban J connectivity index is 1.54. The van der Waals surface area contributed by atoms with Crippen molar-refractivity contribution in [2.75, 3.05) is 13.2 Å². The zero-order valence-corrected chi connectivity index (χ0v) is 16.9. The number of fused-ring (bicyclic) bond motifs is 2. The Hall–Kier alpha value is -3.46. The van der Waals surface area contributed by atoms with E-state index >= 15 is 0 Å². The number of carbonyl (C=O) groups excluding carboxylic acids is 1. The van der Waals surface area contributed by atoms with E-state index in [4.69, 9.17) is 4.74 Å². The normalized spacial score (nSPS) is 16.7. The summed E-state index contributed by atoms with van der Waals surface area (Å²) < 4.78 is 47.6. The number of rotatable bonds is 4. The minimum absolute atomic E-state index is 0.0507. The Bertz CT molecular complexity index is 1310. The summed E-state index contributed by atoms with van der Waals surface area (Å²) >= 11 is 0. The molecule has 1 amide bonds. The largest absolute Gasteiger partial charge is 0.433 e. The van der Waals surface area contributed by atoms with Crippen LogP contribution in [0, 0.1) is 0 Å². The van der Waals surface area contributed by atoms with Crippen molar-refractivity contribution in [3.63, 3.8) is 0 Å². The van der Waals surface area contributed by atoms with Crippen molar-refractivity contribution < 1.29 is 22.7 Å². The number of aromatic nitrogens is 3. The van der Waals surface area contributed by atoms with Crippen LogP contribution >= 0.6 is 0 Å². The van der Waals surface area contributed by atoms with Gasteiger partial charge < -0.3 is 10.1 Å². The predicted octanol–water partition coefficient (Wildman–Crippen LogP) is 4.48. The summed E-state index contributed by atoms with van der Waals surface area (Å²) in [4.78, 5) is 16.8. The molecule has 1 unspecified atom stereocenters. The van der Waals surface area contributed by atoms with Crippen LogP contribution in [0.5, 0.6) is 0 Å². The summed E-state index contributed by atoms with van der Waals surface area (Å²) in [6.07, 6.45) is -3.00. The van der Waals surface area contributed by atoms with E-state index in [0.29, 0.717) is 16.7 Å². The standard InChI is InChI=1S/C23H19F3N4O2/c24-23(25,26)20-11-18(16-8-7-14-4-1-2-5-15(14)10-16)28-21-12-19(29-30(20)21)22(31)27-13-17-6-3-9-32-17/h1-2,4-5,7-8,10-12,17H,3,6,9,13H2,(H,27,31). The molecule has 2 aromatic heterocycles. The fourth-order valence-corrected chi connectivity index (χ4v) is 3.89. The van der Waals surface area contributed by atoms with Crippen LogP contribution in [-0.2, 0) is 10.9 Å². The first-order valence-electron chi connectivity index (χ1n) is 10.3. The molecule has 32 heavy (non-hydrogen) atoms. The Kier molecular flexibility index (Phi) is 5.05. The van der Waals surface area contributed by atoms with E-state index < -0.39 is 17.8 Å². The molecule has 0 saturated carbocycles. The van der Waals surface area contributed by atoms with Crippen LogP contribution in [0.3, 0.4) is 0 Å².